The molecule has 0 fully saturated rings. The largest absolute Gasteiger partial charge is 0.407 e. The van der Waals surface area contributed by atoms with Gasteiger partial charge in [-0.3, -0.25) is 0 Å². The molecule has 0 saturated heterocycles. The van der Waals surface area contributed by atoms with Gasteiger partial charge >= 0.3 is 6.18 Å². The third kappa shape index (κ3) is 2.63. The van der Waals surface area contributed by atoms with Gasteiger partial charge in [0.1, 0.15) is 11.9 Å². The highest BCUT2D eigenvalue weighted by molar-refractivity contribution is 7.98. The number of rotatable bonds is 2. The number of benzene rings is 1. The SMILES string of the molecule is CSc1cccc(F)c1C(N)C(F)(F)F. The van der Waals surface area contributed by atoms with Crippen LogP contribution < -0.4 is 5.73 Å². The summed E-state index contributed by atoms with van der Waals surface area (Å²) in [4.78, 5) is 0.208. The van der Waals surface area contributed by atoms with E-state index in [4.69, 9.17) is 5.73 Å². The zero-order valence-corrected chi connectivity index (χ0v) is 8.62. The average molecular weight is 239 g/mol. The third-order valence-corrected chi connectivity index (χ3v) is 2.69. The van der Waals surface area contributed by atoms with Gasteiger partial charge in [-0.05, 0) is 18.4 Å². The van der Waals surface area contributed by atoms with Crippen molar-refractivity contribution >= 4 is 11.8 Å². The molecule has 0 bridgehead atoms. The second kappa shape index (κ2) is 4.40. The topological polar surface area (TPSA) is 26.0 Å². The van der Waals surface area contributed by atoms with Gasteiger partial charge in [0, 0.05) is 10.5 Å². The minimum Gasteiger partial charge on any atom is -0.316 e. The van der Waals surface area contributed by atoms with Crippen molar-refractivity contribution in [2.24, 2.45) is 5.73 Å². The van der Waals surface area contributed by atoms with Crippen molar-refractivity contribution in [3.8, 4) is 0 Å². The Labute approximate surface area is 88.7 Å². The summed E-state index contributed by atoms with van der Waals surface area (Å²) in [6.45, 7) is 0. The maximum Gasteiger partial charge on any atom is 0.407 e. The van der Waals surface area contributed by atoms with Gasteiger partial charge in [-0.25, -0.2) is 4.39 Å². The molecule has 1 unspecified atom stereocenters. The summed E-state index contributed by atoms with van der Waals surface area (Å²) in [5.74, 6) is -0.924. The van der Waals surface area contributed by atoms with Crippen molar-refractivity contribution in [2.75, 3.05) is 6.26 Å². The standard InChI is InChI=1S/C9H9F4NS/c1-15-6-4-2-3-5(10)7(6)8(14)9(11,12)13/h2-4,8H,14H2,1H3. The highest BCUT2D eigenvalue weighted by Gasteiger charge is 2.40. The zero-order valence-electron chi connectivity index (χ0n) is 7.81. The van der Waals surface area contributed by atoms with Crippen LogP contribution in [0.4, 0.5) is 17.6 Å². The molecule has 1 rings (SSSR count). The quantitative estimate of drug-likeness (QED) is 0.634. The molecule has 15 heavy (non-hydrogen) atoms. The Morgan fingerprint density at radius 1 is 1.33 bits per heavy atom. The van der Waals surface area contributed by atoms with E-state index in [-0.39, 0.29) is 4.90 Å². The van der Waals surface area contributed by atoms with Crippen LogP contribution in [0.15, 0.2) is 23.1 Å². The van der Waals surface area contributed by atoms with E-state index >= 15 is 0 Å². The summed E-state index contributed by atoms with van der Waals surface area (Å²) in [5, 5.41) is 0. The van der Waals surface area contributed by atoms with Crippen LogP contribution in [0.5, 0.6) is 0 Å². The first-order valence-corrected chi connectivity index (χ1v) is 5.25. The lowest BCUT2D eigenvalue weighted by Crippen LogP contribution is -2.29. The van der Waals surface area contributed by atoms with Crippen molar-refractivity contribution in [1.82, 2.24) is 0 Å². The molecular formula is C9H9F4NS. The molecule has 0 amide bonds. The minimum absolute atomic E-state index is 0.208. The molecular weight excluding hydrogens is 230 g/mol. The summed E-state index contributed by atoms with van der Waals surface area (Å²) in [7, 11) is 0. The minimum atomic E-state index is -4.63. The van der Waals surface area contributed by atoms with Gasteiger partial charge < -0.3 is 5.73 Å². The number of hydrogen-bond acceptors (Lipinski definition) is 2. The summed E-state index contributed by atoms with van der Waals surface area (Å²) in [6, 6.07) is 1.46. The molecule has 0 aliphatic carbocycles. The van der Waals surface area contributed by atoms with Gasteiger partial charge in [-0.1, -0.05) is 6.07 Å². The molecule has 84 valence electrons. The van der Waals surface area contributed by atoms with E-state index in [9.17, 15) is 17.6 Å². The molecule has 0 aliphatic heterocycles. The number of hydrogen-bond donors (Lipinski definition) is 1. The lowest BCUT2D eigenvalue weighted by Gasteiger charge is -2.18. The van der Waals surface area contributed by atoms with Crippen molar-refractivity contribution in [3.05, 3.63) is 29.6 Å². The predicted octanol–water partition coefficient (Wildman–Crippen LogP) is 3.11. The smallest absolute Gasteiger partial charge is 0.316 e. The number of halogens is 4. The van der Waals surface area contributed by atoms with E-state index in [0.29, 0.717) is 0 Å². The molecule has 0 saturated carbocycles. The Bertz CT molecular complexity index is 350. The van der Waals surface area contributed by atoms with Crippen LogP contribution >= 0.6 is 11.8 Å². The van der Waals surface area contributed by atoms with Crippen LogP contribution in [0, 0.1) is 5.82 Å². The highest BCUT2D eigenvalue weighted by atomic mass is 32.2. The molecule has 1 aromatic rings. The van der Waals surface area contributed by atoms with Gasteiger partial charge in [0.25, 0.3) is 0 Å². The molecule has 0 spiro atoms. The Morgan fingerprint density at radius 2 is 1.93 bits per heavy atom. The molecule has 2 N–H and O–H groups in total. The Kier molecular flexibility index (Phi) is 3.62. The number of thioether (sulfide) groups is 1. The van der Waals surface area contributed by atoms with Crippen LogP contribution in [0.3, 0.4) is 0 Å². The van der Waals surface area contributed by atoms with Crippen LogP contribution in [0.1, 0.15) is 11.6 Å². The maximum absolute atomic E-state index is 13.2. The number of alkyl halides is 3. The summed E-state index contributed by atoms with van der Waals surface area (Å²) >= 11 is 1.03. The Morgan fingerprint density at radius 3 is 2.40 bits per heavy atom. The van der Waals surface area contributed by atoms with E-state index in [1.165, 1.54) is 12.1 Å². The first kappa shape index (κ1) is 12.3. The van der Waals surface area contributed by atoms with E-state index in [2.05, 4.69) is 0 Å². The van der Waals surface area contributed by atoms with Crippen molar-refractivity contribution in [1.29, 1.82) is 0 Å². The van der Waals surface area contributed by atoms with Crippen LogP contribution in [0.2, 0.25) is 0 Å². The van der Waals surface area contributed by atoms with Crippen LogP contribution in [-0.2, 0) is 0 Å². The highest BCUT2D eigenvalue weighted by Crippen LogP contribution is 2.36. The van der Waals surface area contributed by atoms with Crippen molar-refractivity contribution in [2.45, 2.75) is 17.1 Å². The lowest BCUT2D eigenvalue weighted by molar-refractivity contribution is -0.150. The molecule has 1 aromatic carbocycles. The maximum atomic E-state index is 13.2. The van der Waals surface area contributed by atoms with Gasteiger partial charge in [0.05, 0.1) is 0 Å². The third-order valence-electron chi connectivity index (χ3n) is 1.90. The Balaban J connectivity index is 3.23. The van der Waals surface area contributed by atoms with E-state index < -0.39 is 23.6 Å². The van der Waals surface area contributed by atoms with Crippen LogP contribution in [0.25, 0.3) is 0 Å². The fourth-order valence-corrected chi connectivity index (χ4v) is 1.82. The van der Waals surface area contributed by atoms with E-state index in [1.807, 2.05) is 0 Å². The molecule has 0 radical (unpaired) electrons. The summed E-state index contributed by atoms with van der Waals surface area (Å²) in [5.41, 5.74) is 4.48. The normalized spacial score (nSPS) is 14.0. The fourth-order valence-electron chi connectivity index (χ4n) is 1.16. The summed E-state index contributed by atoms with van der Waals surface area (Å²) in [6.07, 6.45) is -3.06. The van der Waals surface area contributed by atoms with Gasteiger partial charge in [-0.2, -0.15) is 13.2 Å². The predicted molar refractivity (Wildman–Crippen MR) is 51.2 cm³/mol. The van der Waals surface area contributed by atoms with E-state index in [0.717, 1.165) is 17.8 Å². The second-order valence-corrected chi connectivity index (χ2v) is 3.72. The fraction of sp³-hybridized carbons (Fsp3) is 0.333. The first-order chi connectivity index (χ1) is 6.88. The van der Waals surface area contributed by atoms with Gasteiger partial charge in [0.2, 0.25) is 0 Å². The van der Waals surface area contributed by atoms with Gasteiger partial charge in [0.15, 0.2) is 0 Å². The van der Waals surface area contributed by atoms with Crippen LogP contribution in [-0.4, -0.2) is 12.4 Å². The molecule has 1 nitrogen and oxygen atoms in total. The van der Waals surface area contributed by atoms with Crippen molar-refractivity contribution < 1.29 is 17.6 Å². The molecule has 0 aromatic heterocycles. The molecule has 6 heteroatoms. The molecule has 0 heterocycles. The summed E-state index contributed by atoms with van der Waals surface area (Å²) < 4.78 is 50.2. The molecule has 0 aliphatic rings. The first-order valence-electron chi connectivity index (χ1n) is 4.02. The number of nitrogens with two attached hydrogens (primary N) is 1. The lowest BCUT2D eigenvalue weighted by atomic mass is 10.1. The van der Waals surface area contributed by atoms with Crippen molar-refractivity contribution in [3.63, 3.8) is 0 Å². The molecule has 1 atom stereocenters. The zero-order chi connectivity index (χ0) is 11.6. The van der Waals surface area contributed by atoms with Gasteiger partial charge in [-0.15, -0.1) is 11.8 Å². The second-order valence-electron chi connectivity index (χ2n) is 2.88. The average Bonchev–Trinajstić information content (AvgIpc) is 2.15. The monoisotopic (exact) mass is 239 g/mol. The van der Waals surface area contributed by atoms with E-state index in [1.54, 1.807) is 6.26 Å². The Hall–Kier alpha value is -0.750.